The van der Waals surface area contributed by atoms with Crippen LogP contribution in [0.1, 0.15) is 16.7 Å². The average molecular weight is 365 g/mol. The molecule has 3 rings (SSSR count). The normalized spacial score (nSPS) is 11.2. The molecule has 0 aliphatic rings. The molecule has 3 nitrogen and oxygen atoms in total. The van der Waals surface area contributed by atoms with E-state index in [2.05, 4.69) is 0 Å². The molecule has 4 heteroatoms. The fourth-order valence-electron chi connectivity index (χ4n) is 2.52. The lowest BCUT2D eigenvalue weighted by Gasteiger charge is -2.09. The molecule has 0 heterocycles. The van der Waals surface area contributed by atoms with Crippen LogP contribution in [0, 0.1) is 0 Å². The van der Waals surface area contributed by atoms with Crippen LogP contribution in [0.15, 0.2) is 78.9 Å². The summed E-state index contributed by atoms with van der Waals surface area (Å²) in [5.74, 6) is -0.324. The van der Waals surface area contributed by atoms with E-state index in [1.807, 2.05) is 66.7 Å². The summed E-state index contributed by atoms with van der Waals surface area (Å²) in [5, 5.41) is 10.2. The first-order chi connectivity index (χ1) is 12.6. The number of rotatable bonds is 6. The van der Waals surface area contributed by atoms with Gasteiger partial charge >= 0.3 is 5.97 Å². The third-order valence-corrected chi connectivity index (χ3v) is 4.21. The van der Waals surface area contributed by atoms with Gasteiger partial charge in [-0.25, -0.2) is 4.79 Å². The summed E-state index contributed by atoms with van der Waals surface area (Å²) in [4.78, 5) is 11.6. The maximum absolute atomic E-state index is 11.6. The highest BCUT2D eigenvalue weighted by molar-refractivity contribution is 6.31. The van der Waals surface area contributed by atoms with Gasteiger partial charge in [0.25, 0.3) is 0 Å². The highest BCUT2D eigenvalue weighted by Crippen LogP contribution is 2.23. The number of benzene rings is 3. The molecule has 1 N–H and O–H groups in total. The van der Waals surface area contributed by atoms with Crippen molar-refractivity contribution < 1.29 is 14.6 Å². The molecule has 0 saturated carbocycles. The number of carboxylic acid groups (broad SMARTS) is 1. The van der Waals surface area contributed by atoms with E-state index in [-0.39, 0.29) is 5.57 Å². The third-order valence-electron chi connectivity index (χ3n) is 3.84. The Hall–Kier alpha value is -3.04. The molecule has 130 valence electrons. The number of aliphatic carboxylic acids is 1. The Morgan fingerprint density at radius 1 is 0.962 bits per heavy atom. The Labute approximate surface area is 157 Å². The minimum absolute atomic E-state index is 0.230. The molecule has 0 aliphatic heterocycles. The minimum Gasteiger partial charge on any atom is -0.489 e. The second kappa shape index (κ2) is 8.37. The Morgan fingerprint density at radius 3 is 2.42 bits per heavy atom. The molecular weight excluding hydrogens is 348 g/mol. The molecule has 0 fully saturated rings. The monoisotopic (exact) mass is 364 g/mol. The molecule has 3 aromatic rings. The van der Waals surface area contributed by atoms with Gasteiger partial charge in [-0.15, -0.1) is 0 Å². The highest BCUT2D eigenvalue weighted by atomic mass is 35.5. The zero-order valence-corrected chi connectivity index (χ0v) is 14.7. The van der Waals surface area contributed by atoms with Crippen molar-refractivity contribution >= 4 is 29.2 Å². The maximum atomic E-state index is 11.6. The fraction of sp³-hybridized carbons (Fsp3) is 0.0455. The molecule has 3 aromatic carbocycles. The smallest absolute Gasteiger partial charge is 0.336 e. The molecule has 0 atom stereocenters. The molecular formula is C22H17ClO3. The second-order valence-electron chi connectivity index (χ2n) is 5.68. The highest BCUT2D eigenvalue weighted by Gasteiger charge is 2.10. The quantitative estimate of drug-likeness (QED) is 0.461. The van der Waals surface area contributed by atoms with Crippen molar-refractivity contribution in [2.75, 3.05) is 0 Å². The first-order valence-corrected chi connectivity index (χ1v) is 8.48. The Balaban J connectivity index is 1.82. The standard InChI is InChI=1S/C22H17ClO3/c23-21-12-5-4-10-18(21)15-26-19-11-6-7-16(13-19)14-20(22(24)25)17-8-2-1-3-9-17/h1-14H,15H2,(H,24,25)/b20-14-. The van der Waals surface area contributed by atoms with Crippen LogP contribution in [0.2, 0.25) is 5.02 Å². The first kappa shape index (κ1) is 17.8. The van der Waals surface area contributed by atoms with Gasteiger partial charge in [-0.05, 0) is 35.4 Å². The number of hydrogen-bond acceptors (Lipinski definition) is 2. The van der Waals surface area contributed by atoms with E-state index >= 15 is 0 Å². The zero-order chi connectivity index (χ0) is 18.4. The molecule has 0 aliphatic carbocycles. The average Bonchev–Trinajstić information content (AvgIpc) is 2.66. The summed E-state index contributed by atoms with van der Waals surface area (Å²) >= 11 is 6.14. The van der Waals surface area contributed by atoms with E-state index in [0.717, 1.165) is 11.1 Å². The van der Waals surface area contributed by atoms with Crippen LogP contribution < -0.4 is 4.74 Å². The van der Waals surface area contributed by atoms with E-state index in [0.29, 0.717) is 22.9 Å². The largest absolute Gasteiger partial charge is 0.489 e. The van der Waals surface area contributed by atoms with Gasteiger partial charge in [0.1, 0.15) is 12.4 Å². The second-order valence-corrected chi connectivity index (χ2v) is 6.09. The number of carbonyl (C=O) groups is 1. The minimum atomic E-state index is -0.974. The SMILES string of the molecule is O=C(O)/C(=C\c1cccc(OCc2ccccc2Cl)c1)c1ccccc1. The molecule has 0 saturated heterocycles. The van der Waals surface area contributed by atoms with Crippen molar-refractivity contribution in [1.82, 2.24) is 0 Å². The maximum Gasteiger partial charge on any atom is 0.336 e. The van der Waals surface area contributed by atoms with Crippen LogP contribution in [-0.2, 0) is 11.4 Å². The third kappa shape index (κ3) is 4.52. The van der Waals surface area contributed by atoms with Gasteiger partial charge in [-0.2, -0.15) is 0 Å². The van der Waals surface area contributed by atoms with Gasteiger partial charge in [-0.3, -0.25) is 0 Å². The summed E-state index contributed by atoms with van der Waals surface area (Å²) in [7, 11) is 0. The molecule has 0 aromatic heterocycles. The van der Waals surface area contributed by atoms with Gasteiger partial charge in [-0.1, -0.05) is 72.3 Å². The van der Waals surface area contributed by atoms with Gasteiger partial charge in [0.05, 0.1) is 5.57 Å². The number of hydrogen-bond donors (Lipinski definition) is 1. The Kier molecular flexibility index (Phi) is 5.72. The molecule has 0 bridgehead atoms. The van der Waals surface area contributed by atoms with Crippen LogP contribution in [0.4, 0.5) is 0 Å². The lowest BCUT2D eigenvalue weighted by Crippen LogP contribution is -1.99. The van der Waals surface area contributed by atoms with Crippen molar-refractivity contribution in [1.29, 1.82) is 0 Å². The van der Waals surface area contributed by atoms with E-state index in [4.69, 9.17) is 16.3 Å². The number of carboxylic acids is 1. The number of halogens is 1. The van der Waals surface area contributed by atoms with Crippen LogP contribution in [0.5, 0.6) is 5.75 Å². The predicted molar refractivity (Wildman–Crippen MR) is 104 cm³/mol. The Bertz CT molecular complexity index is 933. The first-order valence-electron chi connectivity index (χ1n) is 8.10. The van der Waals surface area contributed by atoms with Gasteiger partial charge in [0, 0.05) is 10.6 Å². The van der Waals surface area contributed by atoms with Crippen LogP contribution in [-0.4, -0.2) is 11.1 Å². The Morgan fingerprint density at radius 2 is 1.69 bits per heavy atom. The summed E-state index contributed by atoms with van der Waals surface area (Å²) in [5.41, 5.74) is 2.53. The lowest BCUT2D eigenvalue weighted by atomic mass is 10.0. The summed E-state index contributed by atoms with van der Waals surface area (Å²) < 4.78 is 5.80. The van der Waals surface area contributed by atoms with Crippen molar-refractivity contribution in [3.63, 3.8) is 0 Å². The number of ether oxygens (including phenoxy) is 1. The van der Waals surface area contributed by atoms with E-state index in [9.17, 15) is 9.90 Å². The van der Waals surface area contributed by atoms with Crippen molar-refractivity contribution in [2.24, 2.45) is 0 Å². The molecule has 0 amide bonds. The van der Waals surface area contributed by atoms with Crippen LogP contribution >= 0.6 is 11.6 Å². The van der Waals surface area contributed by atoms with Crippen molar-refractivity contribution in [3.05, 3.63) is 101 Å². The van der Waals surface area contributed by atoms with E-state index in [1.54, 1.807) is 18.2 Å². The lowest BCUT2D eigenvalue weighted by molar-refractivity contribution is -0.130. The van der Waals surface area contributed by atoms with E-state index in [1.165, 1.54) is 0 Å². The van der Waals surface area contributed by atoms with Crippen molar-refractivity contribution in [2.45, 2.75) is 6.61 Å². The van der Waals surface area contributed by atoms with Gasteiger partial charge in [0.2, 0.25) is 0 Å². The fourth-order valence-corrected chi connectivity index (χ4v) is 2.71. The summed E-state index contributed by atoms with van der Waals surface area (Å²) in [6, 6.07) is 23.8. The zero-order valence-electron chi connectivity index (χ0n) is 13.9. The summed E-state index contributed by atoms with van der Waals surface area (Å²) in [6.45, 7) is 0.345. The molecule has 26 heavy (non-hydrogen) atoms. The predicted octanol–water partition coefficient (Wildman–Crippen LogP) is 5.54. The van der Waals surface area contributed by atoms with Gasteiger partial charge in [0.15, 0.2) is 0 Å². The summed E-state index contributed by atoms with van der Waals surface area (Å²) in [6.07, 6.45) is 1.64. The van der Waals surface area contributed by atoms with E-state index < -0.39 is 5.97 Å². The van der Waals surface area contributed by atoms with Crippen LogP contribution in [0.25, 0.3) is 11.6 Å². The van der Waals surface area contributed by atoms with Crippen LogP contribution in [0.3, 0.4) is 0 Å². The topological polar surface area (TPSA) is 46.5 Å². The molecule has 0 unspecified atom stereocenters. The van der Waals surface area contributed by atoms with Gasteiger partial charge < -0.3 is 9.84 Å². The molecule has 0 spiro atoms. The molecule has 0 radical (unpaired) electrons. The van der Waals surface area contributed by atoms with Crippen molar-refractivity contribution in [3.8, 4) is 5.75 Å².